The van der Waals surface area contributed by atoms with Gasteiger partial charge in [0.2, 0.25) is 0 Å². The van der Waals surface area contributed by atoms with Crippen molar-refractivity contribution < 1.29 is 0 Å². The van der Waals surface area contributed by atoms with Crippen LogP contribution in [-0.4, -0.2) is 43.6 Å². The van der Waals surface area contributed by atoms with Crippen LogP contribution in [0.4, 0.5) is 0 Å². The molecule has 0 aliphatic carbocycles. The second-order valence-corrected chi connectivity index (χ2v) is 6.18. The summed E-state index contributed by atoms with van der Waals surface area (Å²) in [6, 6.07) is 8.38. The minimum absolute atomic E-state index is 0.0822. The molecule has 0 fully saturated rings. The van der Waals surface area contributed by atoms with Crippen LogP contribution in [0.3, 0.4) is 0 Å². The van der Waals surface area contributed by atoms with Gasteiger partial charge < -0.3 is 15.5 Å². The van der Waals surface area contributed by atoms with E-state index in [0.717, 1.165) is 19.0 Å². The fourth-order valence-electron chi connectivity index (χ4n) is 1.75. The second-order valence-electron chi connectivity index (χ2n) is 6.18. The zero-order valence-electron chi connectivity index (χ0n) is 14.3. The van der Waals surface area contributed by atoms with Gasteiger partial charge in [-0.25, -0.2) is 4.99 Å². The van der Waals surface area contributed by atoms with Gasteiger partial charge in [-0.2, -0.15) is 0 Å². The number of hydrogen-bond acceptors (Lipinski definition) is 2. The maximum Gasteiger partial charge on any atom is 0.191 e. The van der Waals surface area contributed by atoms with Crippen LogP contribution >= 0.6 is 0 Å². The standard InChI is InChI=1S/C17H30N4/c1-7-18-16(20-13-17(3,4)21(5)6)19-12-15-11-9-8-10-14(15)2/h8-11H,7,12-13H2,1-6H3,(H2,18,19,20). The molecule has 4 nitrogen and oxygen atoms in total. The fraction of sp³-hybridized carbons (Fsp3) is 0.588. The van der Waals surface area contributed by atoms with Gasteiger partial charge in [0.25, 0.3) is 0 Å². The highest BCUT2D eigenvalue weighted by Gasteiger charge is 2.20. The summed E-state index contributed by atoms with van der Waals surface area (Å²) in [6.07, 6.45) is 0. The molecule has 0 saturated heterocycles. The largest absolute Gasteiger partial charge is 0.357 e. The number of rotatable bonds is 6. The van der Waals surface area contributed by atoms with E-state index in [0.29, 0.717) is 6.54 Å². The minimum atomic E-state index is 0.0822. The van der Waals surface area contributed by atoms with E-state index in [9.17, 15) is 0 Å². The average molecular weight is 290 g/mol. The highest BCUT2D eigenvalue weighted by molar-refractivity contribution is 5.79. The highest BCUT2D eigenvalue weighted by atomic mass is 15.2. The molecule has 4 heteroatoms. The van der Waals surface area contributed by atoms with Gasteiger partial charge in [-0.05, 0) is 52.9 Å². The summed E-state index contributed by atoms with van der Waals surface area (Å²) in [5, 5.41) is 6.73. The summed E-state index contributed by atoms with van der Waals surface area (Å²) in [4.78, 5) is 6.90. The van der Waals surface area contributed by atoms with Crippen LogP contribution in [0.2, 0.25) is 0 Å². The third-order valence-electron chi connectivity index (χ3n) is 3.91. The molecule has 2 N–H and O–H groups in total. The average Bonchev–Trinajstić information content (AvgIpc) is 2.43. The molecule has 1 aromatic carbocycles. The van der Waals surface area contributed by atoms with Crippen molar-refractivity contribution >= 4 is 5.96 Å². The van der Waals surface area contributed by atoms with E-state index in [-0.39, 0.29) is 5.54 Å². The fourth-order valence-corrected chi connectivity index (χ4v) is 1.75. The second kappa shape index (κ2) is 8.03. The van der Waals surface area contributed by atoms with Crippen LogP contribution in [0.1, 0.15) is 31.9 Å². The topological polar surface area (TPSA) is 39.7 Å². The van der Waals surface area contributed by atoms with Gasteiger partial charge in [-0.3, -0.25) is 0 Å². The number of nitrogens with zero attached hydrogens (tertiary/aromatic N) is 2. The van der Waals surface area contributed by atoms with E-state index in [2.05, 4.69) is 86.6 Å². The van der Waals surface area contributed by atoms with E-state index in [4.69, 9.17) is 0 Å². The Balaban J connectivity index is 2.68. The van der Waals surface area contributed by atoms with Gasteiger partial charge in [0.15, 0.2) is 5.96 Å². The van der Waals surface area contributed by atoms with E-state index in [1.807, 2.05) is 0 Å². The van der Waals surface area contributed by atoms with Crippen molar-refractivity contribution in [1.82, 2.24) is 15.5 Å². The third-order valence-corrected chi connectivity index (χ3v) is 3.91. The Kier molecular flexibility index (Phi) is 6.69. The molecule has 0 unspecified atom stereocenters. The Labute approximate surface area is 129 Å². The maximum absolute atomic E-state index is 4.68. The molecule has 0 bridgehead atoms. The van der Waals surface area contributed by atoms with Crippen molar-refractivity contribution in [2.24, 2.45) is 4.99 Å². The van der Waals surface area contributed by atoms with E-state index >= 15 is 0 Å². The quantitative estimate of drug-likeness (QED) is 0.624. The van der Waals surface area contributed by atoms with E-state index in [1.165, 1.54) is 11.1 Å². The van der Waals surface area contributed by atoms with Gasteiger partial charge in [0, 0.05) is 18.6 Å². The molecule has 0 radical (unpaired) electrons. The molecule has 0 aliphatic rings. The summed E-state index contributed by atoms with van der Waals surface area (Å²) in [5.41, 5.74) is 2.63. The summed E-state index contributed by atoms with van der Waals surface area (Å²) >= 11 is 0. The van der Waals surface area contributed by atoms with Crippen LogP contribution in [0.25, 0.3) is 0 Å². The van der Waals surface area contributed by atoms with Gasteiger partial charge in [-0.15, -0.1) is 0 Å². The SMILES string of the molecule is CCNC(=NCc1ccccc1C)NCC(C)(C)N(C)C. The van der Waals surface area contributed by atoms with Gasteiger partial charge >= 0.3 is 0 Å². The number of aliphatic imine (C=N–C) groups is 1. The smallest absolute Gasteiger partial charge is 0.191 e. The predicted octanol–water partition coefficient (Wildman–Crippen LogP) is 2.39. The Morgan fingerprint density at radius 2 is 1.86 bits per heavy atom. The lowest BCUT2D eigenvalue weighted by atomic mass is 10.0. The molecule has 0 amide bonds. The Morgan fingerprint density at radius 3 is 2.43 bits per heavy atom. The lowest BCUT2D eigenvalue weighted by molar-refractivity contribution is 0.197. The molecule has 0 atom stereocenters. The van der Waals surface area contributed by atoms with Crippen LogP contribution in [-0.2, 0) is 6.54 Å². The van der Waals surface area contributed by atoms with Crippen LogP contribution in [0.15, 0.2) is 29.3 Å². The summed E-state index contributed by atoms with van der Waals surface area (Å²) in [6.45, 7) is 11.0. The van der Waals surface area contributed by atoms with Crippen molar-refractivity contribution in [3.8, 4) is 0 Å². The monoisotopic (exact) mass is 290 g/mol. The van der Waals surface area contributed by atoms with E-state index < -0.39 is 0 Å². The maximum atomic E-state index is 4.68. The highest BCUT2D eigenvalue weighted by Crippen LogP contribution is 2.09. The first-order chi connectivity index (χ1) is 9.86. The first-order valence-corrected chi connectivity index (χ1v) is 7.61. The number of nitrogens with one attached hydrogen (secondary N) is 2. The lowest BCUT2D eigenvalue weighted by Crippen LogP contribution is -2.50. The van der Waals surface area contributed by atoms with Crippen LogP contribution < -0.4 is 10.6 Å². The van der Waals surface area contributed by atoms with Crippen molar-refractivity contribution in [3.05, 3.63) is 35.4 Å². The zero-order chi connectivity index (χ0) is 15.9. The van der Waals surface area contributed by atoms with Crippen LogP contribution in [0, 0.1) is 6.92 Å². The zero-order valence-corrected chi connectivity index (χ0v) is 14.3. The first-order valence-electron chi connectivity index (χ1n) is 7.61. The number of benzene rings is 1. The van der Waals surface area contributed by atoms with Gasteiger partial charge in [0.1, 0.15) is 0 Å². The van der Waals surface area contributed by atoms with Gasteiger partial charge in [0.05, 0.1) is 6.54 Å². The molecule has 1 rings (SSSR count). The van der Waals surface area contributed by atoms with Gasteiger partial charge in [-0.1, -0.05) is 24.3 Å². The number of hydrogen-bond donors (Lipinski definition) is 2. The van der Waals surface area contributed by atoms with Crippen LogP contribution in [0.5, 0.6) is 0 Å². The molecule has 118 valence electrons. The molecule has 0 saturated carbocycles. The molecule has 0 spiro atoms. The molecule has 0 aromatic heterocycles. The number of likely N-dealkylation sites (N-methyl/N-ethyl adjacent to an activating group) is 1. The number of guanidine groups is 1. The molecule has 1 aromatic rings. The van der Waals surface area contributed by atoms with Crippen molar-refractivity contribution in [1.29, 1.82) is 0 Å². The third kappa shape index (κ3) is 5.76. The first kappa shape index (κ1) is 17.5. The van der Waals surface area contributed by atoms with Crippen molar-refractivity contribution in [3.63, 3.8) is 0 Å². The lowest BCUT2D eigenvalue weighted by Gasteiger charge is -2.33. The minimum Gasteiger partial charge on any atom is -0.357 e. The Hall–Kier alpha value is -1.55. The van der Waals surface area contributed by atoms with Crippen molar-refractivity contribution in [2.75, 3.05) is 27.2 Å². The Morgan fingerprint density at radius 1 is 1.19 bits per heavy atom. The molecule has 0 heterocycles. The molecule has 0 aliphatic heterocycles. The summed E-state index contributed by atoms with van der Waals surface area (Å²) in [7, 11) is 4.19. The molecule has 21 heavy (non-hydrogen) atoms. The Bertz CT molecular complexity index is 464. The summed E-state index contributed by atoms with van der Waals surface area (Å²) in [5.74, 6) is 0.871. The van der Waals surface area contributed by atoms with E-state index in [1.54, 1.807) is 0 Å². The molecular weight excluding hydrogens is 260 g/mol. The number of aryl methyl sites for hydroxylation is 1. The summed E-state index contributed by atoms with van der Waals surface area (Å²) < 4.78 is 0. The predicted molar refractivity (Wildman–Crippen MR) is 91.8 cm³/mol. The van der Waals surface area contributed by atoms with Crippen molar-refractivity contribution in [2.45, 2.75) is 39.8 Å². The normalized spacial score (nSPS) is 12.6. The molecular formula is C17H30N4.